The van der Waals surface area contributed by atoms with Crippen molar-refractivity contribution in [2.45, 2.75) is 33.1 Å². The molecular weight excluding hydrogens is 272 g/mol. The molecular formula is C15H22N2O2S. The minimum Gasteiger partial charge on any atom is -0.341 e. The molecule has 1 saturated heterocycles. The van der Waals surface area contributed by atoms with Crippen molar-refractivity contribution in [1.29, 1.82) is 0 Å². The van der Waals surface area contributed by atoms with Gasteiger partial charge < -0.3 is 10.2 Å². The highest BCUT2D eigenvalue weighted by Crippen LogP contribution is 2.22. The molecule has 1 amide bonds. The van der Waals surface area contributed by atoms with Gasteiger partial charge in [0.05, 0.1) is 0 Å². The molecule has 0 atom stereocenters. The van der Waals surface area contributed by atoms with Gasteiger partial charge in [-0.15, -0.1) is 11.3 Å². The molecule has 0 bridgehead atoms. The SMILES string of the molecule is Cc1cc(C(=O)CCC(=O)N2CCCNCC2)c(C)s1. The number of carbonyl (C=O) groups excluding carboxylic acids is 2. The number of nitrogens with zero attached hydrogens (tertiary/aromatic N) is 1. The second kappa shape index (κ2) is 6.99. The van der Waals surface area contributed by atoms with E-state index in [-0.39, 0.29) is 11.7 Å². The molecule has 5 heteroatoms. The van der Waals surface area contributed by atoms with Gasteiger partial charge in [-0.2, -0.15) is 0 Å². The van der Waals surface area contributed by atoms with Crippen molar-refractivity contribution in [2.24, 2.45) is 0 Å². The second-order valence-corrected chi connectivity index (χ2v) is 6.69. The van der Waals surface area contributed by atoms with E-state index >= 15 is 0 Å². The highest BCUT2D eigenvalue weighted by Gasteiger charge is 2.18. The minimum absolute atomic E-state index is 0.0909. The van der Waals surface area contributed by atoms with Crippen LogP contribution in [0.3, 0.4) is 0 Å². The van der Waals surface area contributed by atoms with Gasteiger partial charge in [0.25, 0.3) is 0 Å². The molecule has 20 heavy (non-hydrogen) atoms. The molecule has 0 unspecified atom stereocenters. The Morgan fingerprint density at radius 2 is 2.05 bits per heavy atom. The average molecular weight is 294 g/mol. The van der Waals surface area contributed by atoms with Crippen molar-refractivity contribution >= 4 is 23.0 Å². The van der Waals surface area contributed by atoms with Crippen molar-refractivity contribution in [2.75, 3.05) is 26.2 Å². The predicted molar refractivity (Wildman–Crippen MR) is 81.4 cm³/mol. The molecule has 0 radical (unpaired) electrons. The fraction of sp³-hybridized carbons (Fsp3) is 0.600. The molecule has 0 saturated carbocycles. The zero-order valence-corrected chi connectivity index (χ0v) is 13.0. The number of ketones is 1. The van der Waals surface area contributed by atoms with Crippen LogP contribution in [0.5, 0.6) is 0 Å². The number of amides is 1. The molecule has 1 fully saturated rings. The van der Waals surface area contributed by atoms with Crippen LogP contribution < -0.4 is 5.32 Å². The summed E-state index contributed by atoms with van der Waals surface area (Å²) in [6.45, 7) is 7.34. The molecule has 1 aliphatic heterocycles. The zero-order chi connectivity index (χ0) is 14.5. The highest BCUT2D eigenvalue weighted by atomic mass is 32.1. The Balaban J connectivity index is 1.86. The summed E-state index contributed by atoms with van der Waals surface area (Å²) >= 11 is 1.64. The Kier molecular flexibility index (Phi) is 5.31. The summed E-state index contributed by atoms with van der Waals surface area (Å²) in [5.74, 6) is 0.194. The van der Waals surface area contributed by atoms with Gasteiger partial charge in [0.15, 0.2) is 5.78 Å². The molecule has 4 nitrogen and oxygen atoms in total. The van der Waals surface area contributed by atoms with E-state index < -0.39 is 0 Å². The van der Waals surface area contributed by atoms with Crippen molar-refractivity contribution in [3.05, 3.63) is 21.4 Å². The monoisotopic (exact) mass is 294 g/mol. The Labute approximate surface area is 124 Å². The molecule has 1 aliphatic rings. The fourth-order valence-corrected chi connectivity index (χ4v) is 3.46. The number of nitrogens with one attached hydrogen (secondary N) is 1. The zero-order valence-electron chi connectivity index (χ0n) is 12.2. The summed E-state index contributed by atoms with van der Waals surface area (Å²) in [5.41, 5.74) is 0.790. The Bertz CT molecular complexity index is 488. The fourth-order valence-electron chi connectivity index (χ4n) is 2.52. The summed E-state index contributed by atoms with van der Waals surface area (Å²) in [6.07, 6.45) is 1.63. The number of hydrogen-bond donors (Lipinski definition) is 1. The summed E-state index contributed by atoms with van der Waals surface area (Å²) < 4.78 is 0. The molecule has 2 rings (SSSR count). The van der Waals surface area contributed by atoms with E-state index in [0.29, 0.717) is 12.8 Å². The molecule has 1 N–H and O–H groups in total. The van der Waals surface area contributed by atoms with E-state index in [2.05, 4.69) is 5.32 Å². The largest absolute Gasteiger partial charge is 0.341 e. The number of aryl methyl sites for hydroxylation is 2. The van der Waals surface area contributed by atoms with Gasteiger partial charge in [-0.25, -0.2) is 0 Å². The van der Waals surface area contributed by atoms with Gasteiger partial charge in [0, 0.05) is 47.8 Å². The van der Waals surface area contributed by atoms with Crippen LogP contribution in [0.15, 0.2) is 6.07 Å². The topological polar surface area (TPSA) is 49.4 Å². The van der Waals surface area contributed by atoms with Gasteiger partial charge in [-0.3, -0.25) is 9.59 Å². The van der Waals surface area contributed by atoms with Gasteiger partial charge in [-0.1, -0.05) is 0 Å². The predicted octanol–water partition coefficient (Wildman–Crippen LogP) is 2.15. The van der Waals surface area contributed by atoms with E-state index in [1.807, 2.05) is 24.8 Å². The number of carbonyl (C=O) groups is 2. The number of rotatable bonds is 4. The number of Topliss-reactive ketones (excluding diaryl/α,β-unsaturated/α-hetero) is 1. The lowest BCUT2D eigenvalue weighted by molar-refractivity contribution is -0.130. The normalized spacial score (nSPS) is 16.0. The first-order valence-corrected chi connectivity index (χ1v) is 7.98. The van der Waals surface area contributed by atoms with Crippen LogP contribution in [-0.2, 0) is 4.79 Å². The standard InChI is InChI=1S/C15H22N2O2S/c1-11-10-13(12(2)20-11)14(18)4-5-15(19)17-8-3-6-16-7-9-17/h10,16H,3-9H2,1-2H3. The van der Waals surface area contributed by atoms with Crippen LogP contribution in [0, 0.1) is 13.8 Å². The summed E-state index contributed by atoms with van der Waals surface area (Å²) in [7, 11) is 0. The van der Waals surface area contributed by atoms with Crippen LogP contribution in [0.25, 0.3) is 0 Å². The van der Waals surface area contributed by atoms with E-state index in [0.717, 1.165) is 47.9 Å². The first kappa shape index (κ1) is 15.2. The van der Waals surface area contributed by atoms with Crippen LogP contribution in [0.4, 0.5) is 0 Å². The van der Waals surface area contributed by atoms with E-state index in [1.165, 1.54) is 0 Å². The summed E-state index contributed by atoms with van der Waals surface area (Å²) in [4.78, 5) is 28.4. The molecule has 0 aliphatic carbocycles. The Morgan fingerprint density at radius 3 is 2.75 bits per heavy atom. The quantitative estimate of drug-likeness (QED) is 0.866. The van der Waals surface area contributed by atoms with Crippen LogP contribution >= 0.6 is 11.3 Å². The molecule has 1 aromatic rings. The maximum absolute atomic E-state index is 12.2. The van der Waals surface area contributed by atoms with E-state index in [4.69, 9.17) is 0 Å². The van der Waals surface area contributed by atoms with Crippen molar-refractivity contribution in [1.82, 2.24) is 10.2 Å². The molecule has 2 heterocycles. The average Bonchev–Trinajstić information content (AvgIpc) is 2.65. The van der Waals surface area contributed by atoms with Crippen molar-refractivity contribution in [3.63, 3.8) is 0 Å². The lowest BCUT2D eigenvalue weighted by Gasteiger charge is -2.19. The van der Waals surface area contributed by atoms with Crippen LogP contribution in [0.1, 0.15) is 39.4 Å². The summed E-state index contributed by atoms with van der Waals surface area (Å²) in [5, 5.41) is 3.27. The third-order valence-corrected chi connectivity index (χ3v) is 4.57. The maximum Gasteiger partial charge on any atom is 0.223 e. The third kappa shape index (κ3) is 3.90. The van der Waals surface area contributed by atoms with Crippen LogP contribution in [-0.4, -0.2) is 42.8 Å². The van der Waals surface area contributed by atoms with Gasteiger partial charge in [0.1, 0.15) is 0 Å². The Hall–Kier alpha value is -1.20. The van der Waals surface area contributed by atoms with Gasteiger partial charge in [0.2, 0.25) is 5.91 Å². The van der Waals surface area contributed by atoms with Crippen LogP contribution in [0.2, 0.25) is 0 Å². The Morgan fingerprint density at radius 1 is 1.25 bits per heavy atom. The van der Waals surface area contributed by atoms with Crippen molar-refractivity contribution < 1.29 is 9.59 Å². The highest BCUT2D eigenvalue weighted by molar-refractivity contribution is 7.12. The lowest BCUT2D eigenvalue weighted by atomic mass is 10.1. The molecule has 0 aromatic carbocycles. The van der Waals surface area contributed by atoms with E-state index in [9.17, 15) is 9.59 Å². The number of hydrogen-bond acceptors (Lipinski definition) is 4. The first-order valence-electron chi connectivity index (χ1n) is 7.16. The summed E-state index contributed by atoms with van der Waals surface area (Å²) in [6, 6.07) is 1.93. The minimum atomic E-state index is 0.0909. The molecule has 0 spiro atoms. The van der Waals surface area contributed by atoms with Gasteiger partial charge in [-0.05, 0) is 32.9 Å². The van der Waals surface area contributed by atoms with Gasteiger partial charge >= 0.3 is 0 Å². The molecule has 1 aromatic heterocycles. The third-order valence-electron chi connectivity index (χ3n) is 3.60. The smallest absolute Gasteiger partial charge is 0.223 e. The lowest BCUT2D eigenvalue weighted by Crippen LogP contribution is -2.34. The van der Waals surface area contributed by atoms with E-state index in [1.54, 1.807) is 11.3 Å². The first-order chi connectivity index (χ1) is 9.58. The maximum atomic E-state index is 12.2. The molecule has 110 valence electrons. The second-order valence-electron chi connectivity index (χ2n) is 5.23. The van der Waals surface area contributed by atoms with Crippen molar-refractivity contribution in [3.8, 4) is 0 Å². The number of thiophene rings is 1.